The van der Waals surface area contributed by atoms with E-state index in [1.165, 1.54) is 11.6 Å². The highest BCUT2D eigenvalue weighted by Crippen LogP contribution is 2.30. The number of halogens is 2. The second kappa shape index (κ2) is 6.00. The van der Waals surface area contributed by atoms with Crippen LogP contribution in [0.25, 0.3) is 11.1 Å². The lowest BCUT2D eigenvalue weighted by molar-refractivity contribution is 0.460. The summed E-state index contributed by atoms with van der Waals surface area (Å²) in [6, 6.07) is 9.50. The van der Waals surface area contributed by atoms with Crippen LogP contribution in [0.4, 0.5) is 10.2 Å². The summed E-state index contributed by atoms with van der Waals surface area (Å²) in [5.74, 6) is 0.00837. The van der Waals surface area contributed by atoms with E-state index in [1.54, 1.807) is 0 Å². The van der Waals surface area contributed by atoms with Gasteiger partial charge in [-0.2, -0.15) is 4.39 Å². The normalized spacial score (nSPS) is 16.1. The van der Waals surface area contributed by atoms with Gasteiger partial charge in [-0.25, -0.2) is 4.98 Å². The van der Waals surface area contributed by atoms with Gasteiger partial charge in [0, 0.05) is 5.56 Å². The third-order valence-electron chi connectivity index (χ3n) is 3.99. The molecule has 2 aromatic rings. The number of hydrogen-bond donors (Lipinski definition) is 2. The first-order valence-electron chi connectivity index (χ1n) is 7.07. The number of pyridine rings is 1. The van der Waals surface area contributed by atoms with E-state index in [9.17, 15) is 4.39 Å². The van der Waals surface area contributed by atoms with Crippen molar-refractivity contribution in [3.63, 3.8) is 0 Å². The van der Waals surface area contributed by atoms with Crippen molar-refractivity contribution < 1.29 is 4.39 Å². The first-order chi connectivity index (χ1) is 10.1. The summed E-state index contributed by atoms with van der Waals surface area (Å²) < 4.78 is 13.9. The van der Waals surface area contributed by atoms with Gasteiger partial charge in [0.05, 0.1) is 5.02 Å². The van der Waals surface area contributed by atoms with Crippen LogP contribution < -0.4 is 11.1 Å². The Morgan fingerprint density at radius 1 is 1.19 bits per heavy atom. The minimum absolute atomic E-state index is 0.0178. The lowest BCUT2D eigenvalue weighted by Gasteiger charge is -2.23. The van der Waals surface area contributed by atoms with Crippen molar-refractivity contribution in [2.75, 3.05) is 18.8 Å². The Morgan fingerprint density at radius 2 is 1.86 bits per heavy atom. The summed E-state index contributed by atoms with van der Waals surface area (Å²) in [6.07, 6.45) is 2.28. The van der Waals surface area contributed by atoms with Gasteiger partial charge in [-0.15, -0.1) is 0 Å². The van der Waals surface area contributed by atoms with Gasteiger partial charge in [0.25, 0.3) is 0 Å². The van der Waals surface area contributed by atoms with Crippen LogP contribution in [-0.4, -0.2) is 18.1 Å². The molecule has 2 heterocycles. The molecule has 1 aromatic heterocycles. The molecule has 0 bridgehead atoms. The van der Waals surface area contributed by atoms with Crippen LogP contribution in [-0.2, 0) is 0 Å². The molecule has 1 fully saturated rings. The molecule has 0 radical (unpaired) electrons. The lowest BCUT2D eigenvalue weighted by Crippen LogP contribution is -2.26. The molecular weight excluding hydrogens is 289 g/mol. The van der Waals surface area contributed by atoms with Gasteiger partial charge in [-0.1, -0.05) is 35.9 Å². The maximum Gasteiger partial charge on any atom is 0.222 e. The van der Waals surface area contributed by atoms with Crippen molar-refractivity contribution in [2.45, 2.75) is 18.8 Å². The molecular formula is C16H17ClFN3. The van der Waals surface area contributed by atoms with E-state index in [0.717, 1.165) is 31.5 Å². The average Bonchev–Trinajstić information content (AvgIpc) is 2.52. The third kappa shape index (κ3) is 3.01. The molecule has 0 saturated carbocycles. The average molecular weight is 306 g/mol. The highest BCUT2D eigenvalue weighted by Gasteiger charge is 2.16. The predicted molar refractivity (Wildman–Crippen MR) is 83.9 cm³/mol. The fourth-order valence-electron chi connectivity index (χ4n) is 2.77. The van der Waals surface area contributed by atoms with Gasteiger partial charge in [0.1, 0.15) is 5.82 Å². The molecule has 0 atom stereocenters. The predicted octanol–water partition coefficient (Wildman–Crippen LogP) is 3.59. The van der Waals surface area contributed by atoms with Crippen LogP contribution in [0.15, 0.2) is 30.3 Å². The Bertz CT molecular complexity index is 637. The maximum atomic E-state index is 13.9. The quantitative estimate of drug-likeness (QED) is 0.834. The molecule has 0 spiro atoms. The Balaban J connectivity index is 1.88. The Kier molecular flexibility index (Phi) is 4.08. The van der Waals surface area contributed by atoms with Crippen LogP contribution in [0.2, 0.25) is 5.02 Å². The standard InChI is InChI=1S/C16H17ClFN3/c17-14-9-13(15(18)21-16(14)19)12-3-1-10(2-4-12)11-5-7-20-8-6-11/h1-4,9,11,20H,5-8H2,(H2,19,21). The highest BCUT2D eigenvalue weighted by molar-refractivity contribution is 6.33. The monoisotopic (exact) mass is 305 g/mol. The van der Waals surface area contributed by atoms with E-state index in [0.29, 0.717) is 11.5 Å². The molecule has 3 rings (SSSR count). The van der Waals surface area contributed by atoms with Crippen molar-refractivity contribution in [1.29, 1.82) is 0 Å². The molecule has 0 amide bonds. The Labute approximate surface area is 128 Å². The fraction of sp³-hybridized carbons (Fsp3) is 0.312. The molecule has 0 aliphatic carbocycles. The third-order valence-corrected chi connectivity index (χ3v) is 4.29. The van der Waals surface area contributed by atoms with Crippen LogP contribution >= 0.6 is 11.6 Å². The number of aromatic nitrogens is 1. The van der Waals surface area contributed by atoms with E-state index < -0.39 is 5.95 Å². The number of nitrogens with two attached hydrogens (primary N) is 1. The van der Waals surface area contributed by atoms with Crippen LogP contribution in [0, 0.1) is 5.95 Å². The number of anilines is 1. The minimum Gasteiger partial charge on any atom is -0.382 e. The molecule has 1 aliphatic heterocycles. The zero-order chi connectivity index (χ0) is 14.8. The van der Waals surface area contributed by atoms with E-state index >= 15 is 0 Å². The molecule has 5 heteroatoms. The zero-order valence-electron chi connectivity index (χ0n) is 11.6. The van der Waals surface area contributed by atoms with Crippen LogP contribution in [0.5, 0.6) is 0 Å². The van der Waals surface area contributed by atoms with E-state index in [2.05, 4.69) is 22.4 Å². The fourth-order valence-corrected chi connectivity index (χ4v) is 2.92. The van der Waals surface area contributed by atoms with Crippen molar-refractivity contribution in [1.82, 2.24) is 10.3 Å². The number of nitrogens with zero attached hydrogens (tertiary/aromatic N) is 1. The lowest BCUT2D eigenvalue weighted by atomic mass is 9.89. The molecule has 21 heavy (non-hydrogen) atoms. The summed E-state index contributed by atoms with van der Waals surface area (Å²) in [4.78, 5) is 3.63. The molecule has 1 aliphatic rings. The van der Waals surface area contributed by atoms with Gasteiger partial charge >= 0.3 is 0 Å². The second-order valence-electron chi connectivity index (χ2n) is 5.34. The summed E-state index contributed by atoms with van der Waals surface area (Å²) in [5, 5.41) is 3.63. The van der Waals surface area contributed by atoms with E-state index in [-0.39, 0.29) is 10.8 Å². The minimum atomic E-state index is -0.591. The van der Waals surface area contributed by atoms with Gasteiger partial charge in [-0.05, 0) is 49.0 Å². The van der Waals surface area contributed by atoms with E-state index in [1.807, 2.05) is 12.1 Å². The maximum absolute atomic E-state index is 13.9. The largest absolute Gasteiger partial charge is 0.382 e. The topological polar surface area (TPSA) is 50.9 Å². The molecule has 0 unspecified atom stereocenters. The number of nitrogens with one attached hydrogen (secondary N) is 1. The van der Waals surface area contributed by atoms with Gasteiger partial charge < -0.3 is 11.1 Å². The Morgan fingerprint density at radius 3 is 2.52 bits per heavy atom. The SMILES string of the molecule is Nc1nc(F)c(-c2ccc(C3CCNCC3)cc2)cc1Cl. The van der Waals surface area contributed by atoms with Gasteiger partial charge in [-0.3, -0.25) is 0 Å². The first-order valence-corrected chi connectivity index (χ1v) is 7.45. The van der Waals surface area contributed by atoms with E-state index in [4.69, 9.17) is 17.3 Å². The van der Waals surface area contributed by atoms with Gasteiger partial charge in [0.15, 0.2) is 0 Å². The molecule has 1 saturated heterocycles. The van der Waals surface area contributed by atoms with Gasteiger partial charge in [0.2, 0.25) is 5.95 Å². The highest BCUT2D eigenvalue weighted by atomic mass is 35.5. The number of piperidine rings is 1. The molecule has 3 nitrogen and oxygen atoms in total. The summed E-state index contributed by atoms with van der Waals surface area (Å²) in [5.41, 5.74) is 7.95. The summed E-state index contributed by atoms with van der Waals surface area (Å²) in [6.45, 7) is 2.11. The number of rotatable bonds is 2. The summed E-state index contributed by atoms with van der Waals surface area (Å²) in [7, 11) is 0. The molecule has 1 aromatic carbocycles. The number of benzene rings is 1. The van der Waals surface area contributed by atoms with Crippen LogP contribution in [0.3, 0.4) is 0 Å². The first kappa shape index (κ1) is 14.3. The number of hydrogen-bond acceptors (Lipinski definition) is 3. The second-order valence-corrected chi connectivity index (χ2v) is 5.75. The number of nitrogen functional groups attached to an aromatic ring is 1. The van der Waals surface area contributed by atoms with Crippen molar-refractivity contribution >= 4 is 17.4 Å². The van der Waals surface area contributed by atoms with Crippen molar-refractivity contribution in [3.8, 4) is 11.1 Å². The smallest absolute Gasteiger partial charge is 0.222 e. The van der Waals surface area contributed by atoms with Crippen molar-refractivity contribution in [2.24, 2.45) is 0 Å². The Hall–Kier alpha value is -1.65. The molecule has 3 N–H and O–H groups in total. The van der Waals surface area contributed by atoms with Crippen molar-refractivity contribution in [3.05, 3.63) is 46.9 Å². The zero-order valence-corrected chi connectivity index (χ0v) is 12.3. The summed E-state index contributed by atoms with van der Waals surface area (Å²) >= 11 is 5.93. The van der Waals surface area contributed by atoms with Crippen LogP contribution in [0.1, 0.15) is 24.3 Å². The molecule has 110 valence electrons.